The second-order valence-corrected chi connectivity index (χ2v) is 7.04. The first kappa shape index (κ1) is 19.3. The Balaban J connectivity index is 1.42. The molecular weight excluding hydrogens is 370 g/mol. The Bertz CT molecular complexity index is 785. The number of benzene rings is 1. The van der Waals surface area contributed by atoms with Crippen molar-refractivity contribution < 1.29 is 14.1 Å². The lowest BCUT2D eigenvalue weighted by molar-refractivity contribution is -0.123. The molecule has 1 aromatic carbocycles. The van der Waals surface area contributed by atoms with Crippen molar-refractivity contribution in [2.24, 2.45) is 5.73 Å². The van der Waals surface area contributed by atoms with E-state index in [0.717, 1.165) is 31.5 Å². The molecule has 0 bridgehead atoms. The quantitative estimate of drug-likeness (QED) is 0.737. The van der Waals surface area contributed by atoms with Crippen LogP contribution in [0.25, 0.3) is 11.4 Å². The van der Waals surface area contributed by atoms with Gasteiger partial charge >= 0.3 is 0 Å². The lowest BCUT2D eigenvalue weighted by Gasteiger charge is -2.31. The van der Waals surface area contributed by atoms with Crippen LogP contribution in [0.4, 0.5) is 0 Å². The highest BCUT2D eigenvalue weighted by molar-refractivity contribution is 6.30. The molecule has 3 rings (SSSR count). The highest BCUT2D eigenvalue weighted by Crippen LogP contribution is 2.19. The van der Waals surface area contributed by atoms with Gasteiger partial charge in [-0.15, -0.1) is 0 Å². The molecule has 144 valence electrons. The van der Waals surface area contributed by atoms with E-state index in [-0.39, 0.29) is 30.8 Å². The van der Waals surface area contributed by atoms with Crippen molar-refractivity contribution in [3.63, 3.8) is 0 Å². The van der Waals surface area contributed by atoms with Crippen molar-refractivity contribution in [2.75, 3.05) is 19.6 Å². The molecule has 0 spiro atoms. The van der Waals surface area contributed by atoms with Crippen molar-refractivity contribution in [1.82, 2.24) is 20.4 Å². The van der Waals surface area contributed by atoms with E-state index >= 15 is 0 Å². The topological polar surface area (TPSA) is 114 Å². The molecule has 0 unspecified atom stereocenters. The zero-order valence-electron chi connectivity index (χ0n) is 14.9. The standard InChI is InChI=1S/C18H22ClN5O3/c19-13-3-1-12(2-4-13)18-22-17(27-23-18)6-5-16(26)21-14-7-9-24(10-8-14)11-15(20)25/h1-4,14H,5-11H2,(H2,20,25)(H,21,26). The Kier molecular flexibility index (Phi) is 6.41. The third-order valence-electron chi connectivity index (χ3n) is 4.47. The van der Waals surface area contributed by atoms with Crippen molar-refractivity contribution in [2.45, 2.75) is 31.7 Å². The molecule has 1 saturated heterocycles. The Morgan fingerprint density at radius 3 is 2.63 bits per heavy atom. The molecule has 2 heterocycles. The summed E-state index contributed by atoms with van der Waals surface area (Å²) in [4.78, 5) is 29.4. The van der Waals surface area contributed by atoms with Crippen molar-refractivity contribution in [1.29, 1.82) is 0 Å². The maximum Gasteiger partial charge on any atom is 0.231 e. The molecule has 1 aromatic heterocycles. The first-order valence-electron chi connectivity index (χ1n) is 8.88. The van der Waals surface area contributed by atoms with Crippen LogP contribution in [0, 0.1) is 0 Å². The third kappa shape index (κ3) is 5.77. The van der Waals surface area contributed by atoms with Gasteiger partial charge in [0.05, 0.1) is 6.54 Å². The summed E-state index contributed by atoms with van der Waals surface area (Å²) >= 11 is 5.87. The Morgan fingerprint density at radius 2 is 1.96 bits per heavy atom. The number of primary amides is 1. The van der Waals surface area contributed by atoms with Gasteiger partial charge in [-0.1, -0.05) is 16.8 Å². The van der Waals surface area contributed by atoms with E-state index in [1.165, 1.54) is 0 Å². The SMILES string of the molecule is NC(=O)CN1CCC(NC(=O)CCc2nc(-c3ccc(Cl)cc3)no2)CC1. The van der Waals surface area contributed by atoms with Gasteiger partial charge in [0, 0.05) is 42.6 Å². The second-order valence-electron chi connectivity index (χ2n) is 6.60. The van der Waals surface area contributed by atoms with Crippen LogP contribution in [0.1, 0.15) is 25.2 Å². The van der Waals surface area contributed by atoms with E-state index in [4.69, 9.17) is 21.9 Å². The van der Waals surface area contributed by atoms with Gasteiger partial charge in [0.1, 0.15) is 0 Å². The highest BCUT2D eigenvalue weighted by atomic mass is 35.5. The number of likely N-dealkylation sites (tertiary alicyclic amines) is 1. The number of amides is 2. The summed E-state index contributed by atoms with van der Waals surface area (Å²) in [6.07, 6.45) is 2.28. The van der Waals surface area contributed by atoms with Crippen molar-refractivity contribution in [3.05, 3.63) is 35.2 Å². The number of halogens is 1. The number of nitrogens with one attached hydrogen (secondary N) is 1. The van der Waals surface area contributed by atoms with Gasteiger partial charge < -0.3 is 15.6 Å². The molecular formula is C18H22ClN5O3. The molecule has 9 heteroatoms. The van der Waals surface area contributed by atoms with Crippen LogP contribution in [0.5, 0.6) is 0 Å². The number of nitrogens with zero attached hydrogens (tertiary/aromatic N) is 3. The monoisotopic (exact) mass is 391 g/mol. The average Bonchev–Trinajstić information content (AvgIpc) is 3.11. The number of carbonyl (C=O) groups is 2. The predicted octanol–water partition coefficient (Wildman–Crippen LogP) is 1.39. The van der Waals surface area contributed by atoms with Crippen LogP contribution < -0.4 is 11.1 Å². The minimum atomic E-state index is -0.324. The fraction of sp³-hybridized carbons (Fsp3) is 0.444. The van der Waals surface area contributed by atoms with E-state index in [1.807, 2.05) is 17.0 Å². The first-order valence-corrected chi connectivity index (χ1v) is 9.26. The van der Waals surface area contributed by atoms with Crippen LogP contribution in [0.3, 0.4) is 0 Å². The van der Waals surface area contributed by atoms with Gasteiger partial charge in [-0.05, 0) is 37.1 Å². The van der Waals surface area contributed by atoms with Crippen molar-refractivity contribution in [3.8, 4) is 11.4 Å². The molecule has 8 nitrogen and oxygen atoms in total. The number of aromatic nitrogens is 2. The number of rotatable bonds is 7. The first-order chi connectivity index (χ1) is 13.0. The normalized spacial score (nSPS) is 15.6. The minimum Gasteiger partial charge on any atom is -0.369 e. The number of hydrogen-bond donors (Lipinski definition) is 2. The van der Waals surface area contributed by atoms with Crippen LogP contribution in [-0.2, 0) is 16.0 Å². The summed E-state index contributed by atoms with van der Waals surface area (Å²) in [7, 11) is 0. The maximum absolute atomic E-state index is 12.2. The number of hydrogen-bond acceptors (Lipinski definition) is 6. The average molecular weight is 392 g/mol. The molecule has 0 saturated carbocycles. The lowest BCUT2D eigenvalue weighted by atomic mass is 10.0. The molecule has 1 fully saturated rings. The van der Waals surface area contributed by atoms with E-state index in [1.54, 1.807) is 12.1 Å². The largest absolute Gasteiger partial charge is 0.369 e. The zero-order chi connectivity index (χ0) is 19.2. The molecule has 0 atom stereocenters. The molecule has 1 aliphatic heterocycles. The summed E-state index contributed by atoms with van der Waals surface area (Å²) in [5.41, 5.74) is 6.01. The Labute approximate surface area is 162 Å². The van der Waals surface area contributed by atoms with Gasteiger partial charge in [0.15, 0.2) is 0 Å². The summed E-state index contributed by atoms with van der Waals surface area (Å²) in [5, 5.41) is 7.60. The minimum absolute atomic E-state index is 0.0467. The summed E-state index contributed by atoms with van der Waals surface area (Å²) < 4.78 is 5.22. The molecule has 0 aliphatic carbocycles. The molecule has 0 radical (unpaired) electrons. The van der Waals surface area contributed by atoms with Gasteiger partial charge in [0.2, 0.25) is 23.5 Å². The zero-order valence-corrected chi connectivity index (χ0v) is 15.6. The van der Waals surface area contributed by atoms with Gasteiger partial charge in [-0.25, -0.2) is 0 Å². The van der Waals surface area contributed by atoms with Crippen molar-refractivity contribution >= 4 is 23.4 Å². The highest BCUT2D eigenvalue weighted by Gasteiger charge is 2.21. The fourth-order valence-electron chi connectivity index (χ4n) is 3.05. The number of aryl methyl sites for hydroxylation is 1. The summed E-state index contributed by atoms with van der Waals surface area (Å²) in [6.45, 7) is 1.78. The third-order valence-corrected chi connectivity index (χ3v) is 4.72. The fourth-order valence-corrected chi connectivity index (χ4v) is 3.17. The van der Waals surface area contributed by atoms with Gasteiger partial charge in [0.25, 0.3) is 0 Å². The molecule has 2 amide bonds. The van der Waals surface area contributed by atoms with Crippen LogP contribution in [0.2, 0.25) is 5.02 Å². The summed E-state index contributed by atoms with van der Waals surface area (Å²) in [5.74, 6) is 0.528. The smallest absolute Gasteiger partial charge is 0.231 e. The van der Waals surface area contributed by atoms with Crippen LogP contribution in [-0.4, -0.2) is 52.5 Å². The molecule has 2 aromatic rings. The Hall–Kier alpha value is -2.45. The number of nitrogens with two attached hydrogens (primary N) is 1. The van der Waals surface area contributed by atoms with Gasteiger partial charge in [-0.2, -0.15) is 4.98 Å². The van der Waals surface area contributed by atoms with Crippen LogP contribution >= 0.6 is 11.6 Å². The molecule has 27 heavy (non-hydrogen) atoms. The second kappa shape index (κ2) is 8.96. The maximum atomic E-state index is 12.2. The van der Waals surface area contributed by atoms with E-state index in [9.17, 15) is 9.59 Å². The number of piperidine rings is 1. The molecule has 1 aliphatic rings. The Morgan fingerprint density at radius 1 is 1.26 bits per heavy atom. The van der Waals surface area contributed by atoms with Gasteiger partial charge in [-0.3, -0.25) is 14.5 Å². The molecule has 3 N–H and O–H groups in total. The van der Waals surface area contributed by atoms with E-state index in [0.29, 0.717) is 23.2 Å². The van der Waals surface area contributed by atoms with E-state index in [2.05, 4.69) is 15.5 Å². The summed E-state index contributed by atoms with van der Waals surface area (Å²) in [6, 6.07) is 7.26. The lowest BCUT2D eigenvalue weighted by Crippen LogP contribution is -2.46. The predicted molar refractivity (Wildman–Crippen MR) is 99.9 cm³/mol. The van der Waals surface area contributed by atoms with E-state index < -0.39 is 0 Å². The number of carbonyl (C=O) groups excluding carboxylic acids is 2. The van der Waals surface area contributed by atoms with Crippen LogP contribution in [0.15, 0.2) is 28.8 Å².